The lowest BCUT2D eigenvalue weighted by Gasteiger charge is -2.26. The van der Waals surface area contributed by atoms with Crippen molar-refractivity contribution in [2.45, 2.75) is 12.3 Å². The second kappa shape index (κ2) is 6.27. The van der Waals surface area contributed by atoms with Crippen molar-refractivity contribution in [3.8, 4) is 22.3 Å². The molecule has 0 radical (unpaired) electrons. The van der Waals surface area contributed by atoms with E-state index in [1.807, 2.05) is 12.3 Å². The van der Waals surface area contributed by atoms with Crippen molar-refractivity contribution in [3.05, 3.63) is 114 Å². The van der Waals surface area contributed by atoms with Gasteiger partial charge in [-0.3, -0.25) is 4.98 Å². The van der Waals surface area contributed by atoms with Crippen LogP contribution < -0.4 is 0 Å². The highest BCUT2D eigenvalue weighted by Crippen LogP contribution is 2.43. The molecule has 0 aliphatic heterocycles. The van der Waals surface area contributed by atoms with Crippen LogP contribution in [0.1, 0.15) is 22.7 Å². The van der Waals surface area contributed by atoms with Gasteiger partial charge in [0, 0.05) is 17.8 Å². The van der Waals surface area contributed by atoms with E-state index in [9.17, 15) is 0 Å². The highest BCUT2D eigenvalue weighted by Gasteiger charge is 2.25. The molecule has 3 aromatic carbocycles. The summed E-state index contributed by atoms with van der Waals surface area (Å²) < 4.78 is 0. The summed E-state index contributed by atoms with van der Waals surface area (Å²) in [5.41, 5.74) is 9.13. The van der Waals surface area contributed by atoms with Crippen LogP contribution in [0.25, 0.3) is 22.3 Å². The molecular formula is C25H19N. The van der Waals surface area contributed by atoms with E-state index < -0.39 is 0 Å². The fourth-order valence-corrected chi connectivity index (χ4v) is 4.14. The molecule has 0 fully saturated rings. The van der Waals surface area contributed by atoms with Crippen molar-refractivity contribution < 1.29 is 0 Å². The Hall–Kier alpha value is -3.19. The van der Waals surface area contributed by atoms with Gasteiger partial charge in [-0.2, -0.15) is 0 Å². The minimum Gasteiger partial charge on any atom is -0.261 e. The van der Waals surface area contributed by atoms with E-state index in [4.69, 9.17) is 4.98 Å². The van der Waals surface area contributed by atoms with Crippen LogP contribution in [0.2, 0.25) is 0 Å². The summed E-state index contributed by atoms with van der Waals surface area (Å²) in [6.45, 7) is 0. The minimum atomic E-state index is 0.252. The van der Waals surface area contributed by atoms with Crippen LogP contribution in [-0.2, 0) is 6.42 Å². The first-order valence-electron chi connectivity index (χ1n) is 9.09. The first-order chi connectivity index (χ1) is 12.9. The first-order valence-corrected chi connectivity index (χ1v) is 9.09. The molecule has 124 valence electrons. The molecule has 0 saturated heterocycles. The largest absolute Gasteiger partial charge is 0.261 e. The first kappa shape index (κ1) is 15.1. The van der Waals surface area contributed by atoms with Crippen molar-refractivity contribution >= 4 is 0 Å². The fourth-order valence-electron chi connectivity index (χ4n) is 4.14. The molecule has 0 N–H and O–H groups in total. The van der Waals surface area contributed by atoms with Gasteiger partial charge in [0.25, 0.3) is 0 Å². The Kier molecular flexibility index (Phi) is 3.64. The Morgan fingerprint density at radius 1 is 0.577 bits per heavy atom. The summed E-state index contributed by atoms with van der Waals surface area (Å²) in [5, 5.41) is 0. The lowest BCUT2D eigenvalue weighted by molar-refractivity contribution is 0.775. The molecule has 1 heterocycles. The minimum absolute atomic E-state index is 0.252. The van der Waals surface area contributed by atoms with Crippen molar-refractivity contribution in [1.29, 1.82) is 0 Å². The van der Waals surface area contributed by atoms with E-state index in [1.54, 1.807) is 0 Å². The van der Waals surface area contributed by atoms with Gasteiger partial charge in [-0.15, -0.1) is 0 Å². The third kappa shape index (κ3) is 2.44. The van der Waals surface area contributed by atoms with Gasteiger partial charge in [-0.25, -0.2) is 0 Å². The standard InChI is InChI=1S/C25H19N/c1-2-10-19-18(9-1)17-24(25-15-7-8-16-26-25)23-14-6-5-13-22(23)21-12-4-3-11-20(19)21/h1-16,24H,17H2. The number of hydrogen-bond donors (Lipinski definition) is 0. The van der Waals surface area contributed by atoms with E-state index in [0.717, 1.165) is 12.1 Å². The predicted molar refractivity (Wildman–Crippen MR) is 107 cm³/mol. The Morgan fingerprint density at radius 3 is 1.96 bits per heavy atom. The maximum atomic E-state index is 4.70. The molecule has 26 heavy (non-hydrogen) atoms. The molecule has 0 amide bonds. The van der Waals surface area contributed by atoms with Crippen LogP contribution in [0.5, 0.6) is 0 Å². The van der Waals surface area contributed by atoms with Crippen molar-refractivity contribution in [1.82, 2.24) is 4.98 Å². The number of hydrogen-bond acceptors (Lipinski definition) is 1. The summed E-state index contributed by atoms with van der Waals surface area (Å²) in [5.74, 6) is 0.252. The summed E-state index contributed by atoms with van der Waals surface area (Å²) >= 11 is 0. The van der Waals surface area contributed by atoms with E-state index in [2.05, 4.69) is 84.9 Å². The molecule has 1 atom stereocenters. The monoisotopic (exact) mass is 333 g/mol. The molecule has 1 nitrogen and oxygen atoms in total. The van der Waals surface area contributed by atoms with Gasteiger partial charge < -0.3 is 0 Å². The highest BCUT2D eigenvalue weighted by molar-refractivity contribution is 5.87. The lowest BCUT2D eigenvalue weighted by Crippen LogP contribution is -2.11. The molecule has 0 saturated carbocycles. The van der Waals surface area contributed by atoms with Gasteiger partial charge in [-0.05, 0) is 51.9 Å². The third-order valence-corrected chi connectivity index (χ3v) is 5.33. The number of fused-ring (bicyclic) bond motifs is 5. The number of aromatic nitrogens is 1. The second-order valence-electron chi connectivity index (χ2n) is 6.80. The smallest absolute Gasteiger partial charge is 0.0481 e. The topological polar surface area (TPSA) is 12.9 Å². The zero-order chi connectivity index (χ0) is 17.3. The quantitative estimate of drug-likeness (QED) is 0.410. The molecule has 1 aliphatic rings. The zero-order valence-corrected chi connectivity index (χ0v) is 14.5. The van der Waals surface area contributed by atoms with Gasteiger partial charge in [0.2, 0.25) is 0 Å². The van der Waals surface area contributed by atoms with Gasteiger partial charge in [0.05, 0.1) is 0 Å². The predicted octanol–water partition coefficient (Wildman–Crippen LogP) is 6.10. The Morgan fingerprint density at radius 2 is 1.19 bits per heavy atom. The lowest BCUT2D eigenvalue weighted by atomic mass is 9.78. The van der Waals surface area contributed by atoms with Crippen molar-refractivity contribution in [2.24, 2.45) is 0 Å². The molecule has 1 aliphatic carbocycles. The van der Waals surface area contributed by atoms with Gasteiger partial charge in [-0.1, -0.05) is 78.9 Å². The van der Waals surface area contributed by atoms with Crippen LogP contribution in [-0.4, -0.2) is 4.98 Å². The average molecular weight is 333 g/mol. The Bertz CT molecular complexity index is 1070. The Balaban J connectivity index is 1.85. The van der Waals surface area contributed by atoms with E-state index in [-0.39, 0.29) is 5.92 Å². The van der Waals surface area contributed by atoms with Gasteiger partial charge in [0.15, 0.2) is 0 Å². The second-order valence-corrected chi connectivity index (χ2v) is 6.80. The summed E-state index contributed by atoms with van der Waals surface area (Å²) in [4.78, 5) is 4.70. The molecule has 1 unspecified atom stereocenters. The molecule has 0 spiro atoms. The fraction of sp³-hybridized carbons (Fsp3) is 0.0800. The molecule has 5 rings (SSSR count). The third-order valence-electron chi connectivity index (χ3n) is 5.33. The van der Waals surface area contributed by atoms with Crippen LogP contribution in [0.15, 0.2) is 97.2 Å². The van der Waals surface area contributed by atoms with Crippen LogP contribution in [0.3, 0.4) is 0 Å². The molecular weight excluding hydrogens is 314 g/mol. The molecule has 1 aromatic heterocycles. The van der Waals surface area contributed by atoms with E-state index in [0.29, 0.717) is 0 Å². The highest BCUT2D eigenvalue weighted by atomic mass is 14.7. The van der Waals surface area contributed by atoms with Crippen LogP contribution in [0.4, 0.5) is 0 Å². The SMILES string of the molecule is c1ccc(C2Cc3ccccc3-c3ccccc3-c3ccccc32)nc1. The molecule has 1 heteroatoms. The van der Waals surface area contributed by atoms with Crippen LogP contribution in [0, 0.1) is 0 Å². The van der Waals surface area contributed by atoms with E-state index >= 15 is 0 Å². The van der Waals surface area contributed by atoms with Crippen molar-refractivity contribution in [2.75, 3.05) is 0 Å². The summed E-state index contributed by atoms with van der Waals surface area (Å²) in [6.07, 6.45) is 2.86. The summed E-state index contributed by atoms with van der Waals surface area (Å²) in [6, 6.07) is 32.6. The van der Waals surface area contributed by atoms with Crippen LogP contribution >= 0.6 is 0 Å². The number of rotatable bonds is 1. The number of nitrogens with zero attached hydrogens (tertiary/aromatic N) is 1. The number of pyridine rings is 1. The van der Waals surface area contributed by atoms with Crippen molar-refractivity contribution in [3.63, 3.8) is 0 Å². The normalized spacial score (nSPS) is 15.2. The number of benzene rings is 3. The van der Waals surface area contributed by atoms with Gasteiger partial charge in [0.1, 0.15) is 0 Å². The maximum absolute atomic E-state index is 4.70. The summed E-state index contributed by atoms with van der Waals surface area (Å²) in [7, 11) is 0. The maximum Gasteiger partial charge on any atom is 0.0481 e. The van der Waals surface area contributed by atoms with Gasteiger partial charge >= 0.3 is 0 Å². The Labute approximate surface area is 154 Å². The molecule has 0 bridgehead atoms. The molecule has 4 aromatic rings. The zero-order valence-electron chi connectivity index (χ0n) is 14.5. The van der Waals surface area contributed by atoms with E-state index in [1.165, 1.54) is 33.4 Å². The average Bonchev–Trinajstić information content (AvgIpc) is 2.72.